The van der Waals surface area contributed by atoms with E-state index in [2.05, 4.69) is 32.6 Å². The fourth-order valence-corrected chi connectivity index (χ4v) is 5.18. The molecular formula is C11H17BrN2O2S2. The van der Waals surface area contributed by atoms with E-state index in [9.17, 15) is 8.42 Å². The highest BCUT2D eigenvalue weighted by Gasteiger charge is 2.21. The molecule has 1 saturated heterocycles. The molecule has 2 heterocycles. The van der Waals surface area contributed by atoms with Crippen molar-refractivity contribution in [1.29, 1.82) is 0 Å². The Labute approximate surface area is 121 Å². The summed E-state index contributed by atoms with van der Waals surface area (Å²) in [6, 6.07) is 3.39. The third kappa shape index (κ3) is 3.77. The molecule has 1 fully saturated rings. The summed E-state index contributed by atoms with van der Waals surface area (Å²) in [5.41, 5.74) is 0. The zero-order valence-electron chi connectivity index (χ0n) is 10.2. The molecule has 102 valence electrons. The minimum Gasteiger partial charge on any atom is -0.306 e. The summed E-state index contributed by atoms with van der Waals surface area (Å²) < 4.78 is 28.0. The lowest BCUT2D eigenvalue weighted by molar-refractivity contribution is 0.220. The van der Waals surface area contributed by atoms with Gasteiger partial charge in [-0.05, 0) is 67.0 Å². The standard InChI is InChI=1S/C11H17BrN2O2S2/c1-14-6-4-9(5-7-14)8-13-18(15,16)11-3-2-10(12)17-11/h2-3,9,13H,4-8H2,1H3. The highest BCUT2D eigenvalue weighted by Crippen LogP contribution is 2.26. The van der Waals surface area contributed by atoms with Crippen LogP contribution in [0.25, 0.3) is 0 Å². The van der Waals surface area contributed by atoms with Crippen LogP contribution in [0.15, 0.2) is 20.1 Å². The maximum absolute atomic E-state index is 12.0. The molecule has 0 amide bonds. The van der Waals surface area contributed by atoms with E-state index in [1.165, 1.54) is 11.3 Å². The molecule has 2 rings (SSSR count). The molecule has 0 atom stereocenters. The van der Waals surface area contributed by atoms with E-state index >= 15 is 0 Å². The van der Waals surface area contributed by atoms with Crippen molar-refractivity contribution in [2.75, 3.05) is 26.7 Å². The molecule has 4 nitrogen and oxygen atoms in total. The fraction of sp³-hybridized carbons (Fsp3) is 0.636. The number of hydrogen-bond donors (Lipinski definition) is 1. The van der Waals surface area contributed by atoms with Gasteiger partial charge in [0.15, 0.2) is 0 Å². The fourth-order valence-electron chi connectivity index (χ4n) is 2.01. The number of rotatable bonds is 4. The van der Waals surface area contributed by atoms with E-state index in [1.807, 2.05) is 0 Å². The number of hydrogen-bond acceptors (Lipinski definition) is 4. The summed E-state index contributed by atoms with van der Waals surface area (Å²) in [6.45, 7) is 2.65. The Kier molecular flexibility index (Phi) is 4.82. The van der Waals surface area contributed by atoms with Crippen LogP contribution in [-0.4, -0.2) is 40.0 Å². The van der Waals surface area contributed by atoms with Gasteiger partial charge in [0.05, 0.1) is 3.79 Å². The maximum atomic E-state index is 12.0. The normalized spacial score (nSPS) is 19.2. The Morgan fingerprint density at radius 3 is 2.67 bits per heavy atom. The van der Waals surface area contributed by atoms with Crippen molar-refractivity contribution in [3.63, 3.8) is 0 Å². The number of sulfonamides is 1. The van der Waals surface area contributed by atoms with Gasteiger partial charge in [-0.25, -0.2) is 13.1 Å². The lowest BCUT2D eigenvalue weighted by Gasteiger charge is -2.28. The SMILES string of the molecule is CN1CCC(CNS(=O)(=O)c2ccc(Br)s2)CC1. The van der Waals surface area contributed by atoms with Crippen LogP contribution in [0.2, 0.25) is 0 Å². The van der Waals surface area contributed by atoms with Gasteiger partial charge >= 0.3 is 0 Å². The lowest BCUT2D eigenvalue weighted by atomic mass is 9.98. The number of halogens is 1. The minimum atomic E-state index is -3.33. The molecule has 0 unspecified atom stereocenters. The number of nitrogens with zero attached hydrogens (tertiary/aromatic N) is 1. The van der Waals surface area contributed by atoms with Crippen molar-refractivity contribution in [3.8, 4) is 0 Å². The average molecular weight is 353 g/mol. The average Bonchev–Trinajstić information content (AvgIpc) is 2.76. The second kappa shape index (κ2) is 6.00. The lowest BCUT2D eigenvalue weighted by Crippen LogP contribution is -2.36. The van der Waals surface area contributed by atoms with Gasteiger partial charge in [-0.15, -0.1) is 11.3 Å². The molecule has 0 radical (unpaired) electrons. The van der Waals surface area contributed by atoms with Crippen LogP contribution in [0, 0.1) is 5.92 Å². The zero-order chi connectivity index (χ0) is 13.2. The molecule has 0 saturated carbocycles. The van der Waals surface area contributed by atoms with Crippen molar-refractivity contribution < 1.29 is 8.42 Å². The molecule has 1 aliphatic rings. The highest BCUT2D eigenvalue weighted by atomic mass is 79.9. The molecule has 0 bridgehead atoms. The molecule has 1 aliphatic heterocycles. The van der Waals surface area contributed by atoms with Gasteiger partial charge in [-0.2, -0.15) is 0 Å². The van der Waals surface area contributed by atoms with Gasteiger partial charge < -0.3 is 4.90 Å². The molecule has 7 heteroatoms. The Hall–Kier alpha value is 0.0500. The second-order valence-electron chi connectivity index (χ2n) is 4.66. The molecule has 1 N–H and O–H groups in total. The van der Waals surface area contributed by atoms with Crippen molar-refractivity contribution in [1.82, 2.24) is 9.62 Å². The Morgan fingerprint density at radius 1 is 1.44 bits per heavy atom. The van der Waals surface area contributed by atoms with Crippen molar-refractivity contribution in [3.05, 3.63) is 15.9 Å². The number of likely N-dealkylation sites (tertiary alicyclic amines) is 1. The van der Waals surface area contributed by atoms with Crippen LogP contribution >= 0.6 is 27.3 Å². The molecule has 1 aromatic rings. The summed E-state index contributed by atoms with van der Waals surface area (Å²) in [7, 11) is -1.23. The third-order valence-electron chi connectivity index (χ3n) is 3.21. The van der Waals surface area contributed by atoms with E-state index in [0.717, 1.165) is 29.7 Å². The summed E-state index contributed by atoms with van der Waals surface area (Å²) in [5, 5.41) is 0. The Balaban J connectivity index is 1.90. The Bertz CT molecular complexity index is 493. The number of nitrogens with one attached hydrogen (secondary N) is 1. The summed E-state index contributed by atoms with van der Waals surface area (Å²) in [6.07, 6.45) is 2.13. The van der Waals surface area contributed by atoms with Crippen LogP contribution in [0.5, 0.6) is 0 Å². The van der Waals surface area contributed by atoms with E-state index in [4.69, 9.17) is 0 Å². The first-order chi connectivity index (χ1) is 8.47. The van der Waals surface area contributed by atoms with E-state index in [-0.39, 0.29) is 0 Å². The monoisotopic (exact) mass is 352 g/mol. The first kappa shape index (κ1) is 14.5. The summed E-state index contributed by atoms with van der Waals surface area (Å²) >= 11 is 4.52. The van der Waals surface area contributed by atoms with Crippen molar-refractivity contribution in [2.24, 2.45) is 5.92 Å². The van der Waals surface area contributed by atoms with E-state index in [0.29, 0.717) is 16.7 Å². The number of thiophene rings is 1. The van der Waals surface area contributed by atoms with Crippen LogP contribution in [0.3, 0.4) is 0 Å². The quantitative estimate of drug-likeness (QED) is 0.902. The van der Waals surface area contributed by atoms with Gasteiger partial charge in [0.25, 0.3) is 0 Å². The van der Waals surface area contributed by atoms with E-state index < -0.39 is 10.0 Å². The van der Waals surface area contributed by atoms with Gasteiger partial charge in [-0.3, -0.25) is 0 Å². The number of piperidine rings is 1. The molecule has 0 aliphatic carbocycles. The predicted molar refractivity (Wildman–Crippen MR) is 77.4 cm³/mol. The molecule has 18 heavy (non-hydrogen) atoms. The van der Waals surface area contributed by atoms with Crippen LogP contribution in [-0.2, 0) is 10.0 Å². The van der Waals surface area contributed by atoms with Gasteiger partial charge in [0, 0.05) is 6.54 Å². The molecule has 0 spiro atoms. The zero-order valence-corrected chi connectivity index (χ0v) is 13.4. The van der Waals surface area contributed by atoms with Crippen LogP contribution < -0.4 is 4.72 Å². The van der Waals surface area contributed by atoms with Gasteiger partial charge in [0.1, 0.15) is 4.21 Å². The van der Waals surface area contributed by atoms with Crippen molar-refractivity contribution >= 4 is 37.3 Å². The van der Waals surface area contributed by atoms with Crippen LogP contribution in [0.1, 0.15) is 12.8 Å². The maximum Gasteiger partial charge on any atom is 0.250 e. The first-order valence-electron chi connectivity index (χ1n) is 5.91. The molecule has 0 aromatic carbocycles. The molecule has 1 aromatic heterocycles. The van der Waals surface area contributed by atoms with Crippen molar-refractivity contribution in [2.45, 2.75) is 17.1 Å². The highest BCUT2D eigenvalue weighted by molar-refractivity contribution is 9.11. The predicted octanol–water partition coefficient (Wildman–Crippen LogP) is 2.13. The largest absolute Gasteiger partial charge is 0.306 e. The second-order valence-corrected chi connectivity index (χ2v) is 9.11. The van der Waals surface area contributed by atoms with Gasteiger partial charge in [0.2, 0.25) is 10.0 Å². The minimum absolute atomic E-state index is 0.377. The van der Waals surface area contributed by atoms with Crippen LogP contribution in [0.4, 0.5) is 0 Å². The molecular weight excluding hydrogens is 336 g/mol. The topological polar surface area (TPSA) is 49.4 Å². The Morgan fingerprint density at radius 2 is 2.11 bits per heavy atom. The van der Waals surface area contributed by atoms with Gasteiger partial charge in [-0.1, -0.05) is 0 Å². The summed E-state index contributed by atoms with van der Waals surface area (Å²) in [4.78, 5) is 2.28. The smallest absolute Gasteiger partial charge is 0.250 e. The summed E-state index contributed by atoms with van der Waals surface area (Å²) in [5.74, 6) is 0.458. The first-order valence-corrected chi connectivity index (χ1v) is 9.00. The third-order valence-corrected chi connectivity index (χ3v) is 6.75. The van der Waals surface area contributed by atoms with E-state index in [1.54, 1.807) is 12.1 Å².